The fraction of sp³-hybridized carbons (Fsp3) is 0.533. The van der Waals surface area contributed by atoms with E-state index in [1.807, 2.05) is 24.4 Å². The number of fused-ring (bicyclic) bond motifs is 1. The Bertz CT molecular complexity index is 550. The van der Waals surface area contributed by atoms with Crippen LogP contribution in [0.25, 0.3) is 5.65 Å². The van der Waals surface area contributed by atoms with Gasteiger partial charge in [-0.2, -0.15) is 0 Å². The van der Waals surface area contributed by atoms with Gasteiger partial charge in [0.15, 0.2) is 5.82 Å². The number of imidazole rings is 1. The summed E-state index contributed by atoms with van der Waals surface area (Å²) in [5.74, 6) is 1.50. The Kier molecular flexibility index (Phi) is 5.26. The molecule has 0 aliphatic rings. The van der Waals surface area contributed by atoms with E-state index in [1.54, 1.807) is 0 Å². The van der Waals surface area contributed by atoms with Crippen LogP contribution in [0.3, 0.4) is 0 Å². The minimum absolute atomic E-state index is 0.477. The van der Waals surface area contributed by atoms with Crippen LogP contribution in [0.1, 0.15) is 19.0 Å². The summed E-state index contributed by atoms with van der Waals surface area (Å²) >= 11 is 6.14. The number of rotatable bonds is 7. The number of hydrogen-bond donors (Lipinski definition) is 0. The molecule has 0 fully saturated rings. The number of pyridine rings is 1. The zero-order valence-electron chi connectivity index (χ0n) is 12.5. The van der Waals surface area contributed by atoms with Crippen molar-refractivity contribution in [1.29, 1.82) is 0 Å². The Morgan fingerprint density at radius 3 is 2.70 bits per heavy atom. The molecule has 110 valence electrons. The smallest absolute Gasteiger partial charge is 0.152 e. The molecule has 0 amide bonds. The minimum atomic E-state index is 0.477. The van der Waals surface area contributed by atoms with Crippen molar-refractivity contribution >= 4 is 23.1 Å². The lowest BCUT2D eigenvalue weighted by Crippen LogP contribution is -2.28. The third-order valence-corrected chi connectivity index (χ3v) is 3.70. The van der Waals surface area contributed by atoms with E-state index in [-0.39, 0.29) is 0 Å². The molecular formula is C15H23ClN4. The van der Waals surface area contributed by atoms with Gasteiger partial charge in [-0.25, -0.2) is 4.98 Å². The van der Waals surface area contributed by atoms with E-state index in [4.69, 9.17) is 16.6 Å². The fourth-order valence-corrected chi connectivity index (χ4v) is 2.65. The van der Waals surface area contributed by atoms with E-state index < -0.39 is 0 Å². The monoisotopic (exact) mass is 294 g/mol. The summed E-state index contributed by atoms with van der Waals surface area (Å²) in [6.07, 6.45) is 3.15. The Hall–Kier alpha value is -1.26. The van der Waals surface area contributed by atoms with Crippen LogP contribution in [0.15, 0.2) is 24.4 Å². The Morgan fingerprint density at radius 1 is 1.25 bits per heavy atom. The van der Waals surface area contributed by atoms with Crippen LogP contribution in [0, 0.1) is 0 Å². The molecule has 2 aromatic rings. The standard InChI is InChI=1S/C15H23ClN4/c1-4-19(10-7-9-18(2)3)15-13(12-16)20-11-6-5-8-14(20)17-15/h5-6,8,11H,4,7,9-10,12H2,1-3H3. The highest BCUT2D eigenvalue weighted by Crippen LogP contribution is 2.23. The van der Waals surface area contributed by atoms with Crippen LogP contribution in [-0.4, -0.2) is 48.0 Å². The fourth-order valence-electron chi connectivity index (χ4n) is 2.40. The first-order chi connectivity index (χ1) is 9.67. The molecule has 5 heteroatoms. The van der Waals surface area contributed by atoms with Crippen molar-refractivity contribution in [2.24, 2.45) is 0 Å². The van der Waals surface area contributed by atoms with Crippen molar-refractivity contribution < 1.29 is 0 Å². The molecule has 2 heterocycles. The van der Waals surface area contributed by atoms with Crippen molar-refractivity contribution in [3.63, 3.8) is 0 Å². The van der Waals surface area contributed by atoms with Gasteiger partial charge in [0.25, 0.3) is 0 Å². The third kappa shape index (κ3) is 3.25. The van der Waals surface area contributed by atoms with Gasteiger partial charge >= 0.3 is 0 Å². The number of aromatic nitrogens is 2. The maximum atomic E-state index is 6.14. The highest BCUT2D eigenvalue weighted by Gasteiger charge is 2.16. The Balaban J connectivity index is 2.24. The molecule has 0 saturated heterocycles. The van der Waals surface area contributed by atoms with Gasteiger partial charge in [0.1, 0.15) is 5.65 Å². The first-order valence-corrected chi connectivity index (χ1v) is 7.62. The Labute approximate surface area is 126 Å². The summed E-state index contributed by atoms with van der Waals surface area (Å²) in [5.41, 5.74) is 2.04. The van der Waals surface area contributed by atoms with Crippen LogP contribution in [0.5, 0.6) is 0 Å². The average molecular weight is 295 g/mol. The van der Waals surface area contributed by atoms with Gasteiger partial charge < -0.3 is 14.2 Å². The van der Waals surface area contributed by atoms with Gasteiger partial charge in [-0.15, -0.1) is 11.6 Å². The van der Waals surface area contributed by atoms with Crippen molar-refractivity contribution in [2.75, 3.05) is 38.6 Å². The molecule has 0 radical (unpaired) electrons. The second-order valence-corrected chi connectivity index (χ2v) is 5.45. The molecule has 2 aromatic heterocycles. The molecule has 0 spiro atoms. The lowest BCUT2D eigenvalue weighted by molar-refractivity contribution is 0.400. The molecule has 0 aromatic carbocycles. The molecule has 0 aliphatic carbocycles. The second kappa shape index (κ2) is 6.95. The summed E-state index contributed by atoms with van der Waals surface area (Å²) < 4.78 is 2.08. The molecule has 0 aliphatic heterocycles. The molecule has 0 N–H and O–H groups in total. The number of alkyl halides is 1. The molecule has 4 nitrogen and oxygen atoms in total. The van der Waals surface area contributed by atoms with Gasteiger partial charge in [0, 0.05) is 19.3 Å². The van der Waals surface area contributed by atoms with Gasteiger partial charge in [-0.05, 0) is 46.1 Å². The first-order valence-electron chi connectivity index (χ1n) is 7.09. The summed E-state index contributed by atoms with van der Waals surface area (Å²) in [4.78, 5) is 9.27. The predicted molar refractivity (Wildman–Crippen MR) is 85.8 cm³/mol. The molecule has 0 saturated carbocycles. The van der Waals surface area contributed by atoms with Gasteiger partial charge in [0.05, 0.1) is 11.6 Å². The highest BCUT2D eigenvalue weighted by molar-refractivity contribution is 6.17. The van der Waals surface area contributed by atoms with E-state index in [0.717, 1.165) is 43.2 Å². The molecule has 2 rings (SSSR count). The lowest BCUT2D eigenvalue weighted by atomic mass is 10.3. The van der Waals surface area contributed by atoms with Crippen LogP contribution >= 0.6 is 11.6 Å². The number of nitrogens with zero attached hydrogens (tertiary/aromatic N) is 4. The topological polar surface area (TPSA) is 23.8 Å². The number of anilines is 1. The van der Waals surface area contributed by atoms with Crippen molar-refractivity contribution in [3.8, 4) is 0 Å². The zero-order valence-corrected chi connectivity index (χ0v) is 13.3. The third-order valence-electron chi connectivity index (χ3n) is 3.45. The van der Waals surface area contributed by atoms with Crippen molar-refractivity contribution in [1.82, 2.24) is 14.3 Å². The van der Waals surface area contributed by atoms with E-state index in [2.05, 4.69) is 35.2 Å². The molecule has 0 unspecified atom stereocenters. The van der Waals surface area contributed by atoms with E-state index in [1.165, 1.54) is 0 Å². The van der Waals surface area contributed by atoms with E-state index >= 15 is 0 Å². The first kappa shape index (κ1) is 15.1. The maximum Gasteiger partial charge on any atom is 0.152 e. The Morgan fingerprint density at radius 2 is 2.05 bits per heavy atom. The summed E-state index contributed by atoms with van der Waals surface area (Å²) in [6, 6.07) is 6.04. The number of hydrogen-bond acceptors (Lipinski definition) is 3. The average Bonchev–Trinajstić information content (AvgIpc) is 2.81. The van der Waals surface area contributed by atoms with Gasteiger partial charge in [-0.1, -0.05) is 6.07 Å². The van der Waals surface area contributed by atoms with Crippen LogP contribution in [0.4, 0.5) is 5.82 Å². The van der Waals surface area contributed by atoms with Crippen LogP contribution in [0.2, 0.25) is 0 Å². The summed E-state index contributed by atoms with van der Waals surface area (Å²) in [6.45, 7) is 5.20. The quantitative estimate of drug-likeness (QED) is 0.734. The number of halogens is 1. The minimum Gasteiger partial charge on any atom is -0.355 e. The lowest BCUT2D eigenvalue weighted by Gasteiger charge is -2.22. The molecule has 20 heavy (non-hydrogen) atoms. The SMILES string of the molecule is CCN(CCCN(C)C)c1nc2ccccn2c1CCl. The van der Waals surface area contributed by atoms with E-state index in [9.17, 15) is 0 Å². The highest BCUT2D eigenvalue weighted by atomic mass is 35.5. The molecule has 0 atom stereocenters. The van der Waals surface area contributed by atoms with Crippen LogP contribution in [-0.2, 0) is 5.88 Å². The largest absolute Gasteiger partial charge is 0.355 e. The van der Waals surface area contributed by atoms with Crippen molar-refractivity contribution in [2.45, 2.75) is 19.2 Å². The normalized spacial score (nSPS) is 11.4. The second-order valence-electron chi connectivity index (χ2n) is 5.18. The molecule has 0 bridgehead atoms. The van der Waals surface area contributed by atoms with E-state index in [0.29, 0.717) is 5.88 Å². The maximum absolute atomic E-state index is 6.14. The summed E-state index contributed by atoms with van der Waals surface area (Å²) in [5, 5.41) is 0. The van der Waals surface area contributed by atoms with Gasteiger partial charge in [-0.3, -0.25) is 0 Å². The predicted octanol–water partition coefficient (Wildman–Crippen LogP) is 2.85. The van der Waals surface area contributed by atoms with Crippen LogP contribution < -0.4 is 4.90 Å². The van der Waals surface area contributed by atoms with Gasteiger partial charge in [0.2, 0.25) is 0 Å². The summed E-state index contributed by atoms with van der Waals surface area (Å²) in [7, 11) is 4.21. The molecular weight excluding hydrogens is 272 g/mol. The van der Waals surface area contributed by atoms with Crippen molar-refractivity contribution in [3.05, 3.63) is 30.1 Å². The zero-order chi connectivity index (χ0) is 14.5.